The molecule has 0 saturated carbocycles. The van der Waals surface area contributed by atoms with Crippen molar-refractivity contribution in [3.05, 3.63) is 79.3 Å². The molecule has 2 heterocycles. The Morgan fingerprint density at radius 1 is 1.21 bits per heavy atom. The summed E-state index contributed by atoms with van der Waals surface area (Å²) in [5.74, 6) is -2.19. The number of nitrogens with zero attached hydrogens (tertiary/aromatic N) is 2. The first-order valence-electron chi connectivity index (χ1n) is 13.0. The number of ether oxygens (including phenoxy) is 1. The maximum Gasteiger partial charge on any atom is 0.271 e. The van der Waals surface area contributed by atoms with Gasteiger partial charge in [-0.1, -0.05) is 40.6 Å². The van der Waals surface area contributed by atoms with Crippen LogP contribution < -0.4 is 4.90 Å². The Morgan fingerprint density at radius 2 is 2.00 bits per heavy atom. The zero-order valence-corrected chi connectivity index (χ0v) is 23.0. The van der Waals surface area contributed by atoms with E-state index in [-0.39, 0.29) is 54.7 Å². The number of aromatic hydroxyl groups is 1. The van der Waals surface area contributed by atoms with Gasteiger partial charge in [0.2, 0.25) is 11.8 Å². The number of allylic oxidation sites excluding steroid dienone is 1. The molecule has 9 nitrogen and oxygen atoms in total. The second-order valence-electron chi connectivity index (χ2n) is 10.2. The zero-order valence-electron chi connectivity index (χ0n) is 21.4. The Labute approximate surface area is 234 Å². The molecule has 0 bridgehead atoms. The van der Waals surface area contributed by atoms with E-state index in [2.05, 4.69) is 15.9 Å². The number of hydrogen-bond acceptors (Lipinski definition) is 7. The Hall–Kier alpha value is -3.34. The molecule has 204 valence electrons. The fraction of sp³-hybridized carbons (Fsp3) is 0.379. The van der Waals surface area contributed by atoms with Crippen LogP contribution in [0.3, 0.4) is 0 Å². The maximum absolute atomic E-state index is 13.6. The van der Waals surface area contributed by atoms with Crippen molar-refractivity contribution >= 4 is 45.2 Å². The normalized spacial score (nSPS) is 24.8. The number of non-ortho nitro benzene ring substituents is 1. The van der Waals surface area contributed by atoms with Gasteiger partial charge in [0.1, 0.15) is 5.75 Å². The molecule has 39 heavy (non-hydrogen) atoms. The number of phenols is 1. The van der Waals surface area contributed by atoms with Crippen LogP contribution in [0.25, 0.3) is 6.08 Å². The minimum absolute atomic E-state index is 0.185. The van der Waals surface area contributed by atoms with E-state index in [9.17, 15) is 29.9 Å². The third-order valence-corrected chi connectivity index (χ3v) is 8.52. The highest BCUT2D eigenvalue weighted by atomic mass is 79.9. The van der Waals surface area contributed by atoms with Crippen molar-refractivity contribution < 1.29 is 29.5 Å². The molecule has 0 radical (unpaired) electrons. The number of nitro groups is 1. The summed E-state index contributed by atoms with van der Waals surface area (Å²) in [6.07, 6.45) is 4.05. The molecule has 10 heteroatoms. The molecule has 2 aromatic carbocycles. The van der Waals surface area contributed by atoms with Crippen molar-refractivity contribution in [3.63, 3.8) is 0 Å². The van der Waals surface area contributed by atoms with Crippen LogP contribution in [0, 0.1) is 27.9 Å². The second-order valence-corrected chi connectivity index (χ2v) is 11.1. The second kappa shape index (κ2) is 11.0. The lowest BCUT2D eigenvalue weighted by Crippen LogP contribution is -2.35. The molecule has 0 unspecified atom stereocenters. The molecule has 2 aromatic rings. The van der Waals surface area contributed by atoms with Crippen molar-refractivity contribution in [1.82, 2.24) is 0 Å². The molecule has 2 N–H and O–H groups in total. The third kappa shape index (κ3) is 5.04. The molecule has 1 aliphatic carbocycles. The van der Waals surface area contributed by atoms with Crippen LogP contribution in [0.15, 0.2) is 63.7 Å². The standard InChI is InChI=1S/C29H29BrN2O7/c1-2-16(10-17-11-19(30)7-8-24(17)34)6-9-25-26-18(14-33)12-22-27(23(26)15-39-25)29(36)31(28(22)35)20-4-3-5-21(13-20)32(37)38/h3-5,7-8,10-11,13,22-23,25,27,33-34H,2,6,9,12,14-15H2,1H3/b16-10+/t22-,23+,25-,27-/m1/s1. The number of rotatable bonds is 8. The number of hydrogen-bond donors (Lipinski definition) is 2. The Balaban J connectivity index is 1.38. The number of benzene rings is 2. The molecular formula is C29H29BrN2O7. The molecule has 2 amide bonds. The lowest BCUT2D eigenvalue weighted by Gasteiger charge is -2.31. The number of nitro benzene ring substituents is 1. The monoisotopic (exact) mass is 596 g/mol. The van der Waals surface area contributed by atoms with Gasteiger partial charge in [0.05, 0.1) is 41.8 Å². The summed E-state index contributed by atoms with van der Waals surface area (Å²) in [7, 11) is 0. The zero-order chi connectivity index (χ0) is 27.8. The molecule has 2 aliphatic heterocycles. The smallest absolute Gasteiger partial charge is 0.271 e. The molecule has 0 aromatic heterocycles. The largest absolute Gasteiger partial charge is 0.507 e. The molecule has 3 aliphatic rings. The number of anilines is 1. The topological polar surface area (TPSA) is 130 Å². The van der Waals surface area contributed by atoms with Gasteiger partial charge in [-0.25, -0.2) is 4.90 Å². The highest BCUT2D eigenvalue weighted by Crippen LogP contribution is 2.50. The van der Waals surface area contributed by atoms with E-state index in [4.69, 9.17) is 4.74 Å². The lowest BCUT2D eigenvalue weighted by molar-refractivity contribution is -0.384. The molecule has 4 atom stereocenters. The van der Waals surface area contributed by atoms with Gasteiger partial charge in [-0.2, -0.15) is 0 Å². The Kier molecular flexibility index (Phi) is 7.70. The van der Waals surface area contributed by atoms with E-state index in [1.165, 1.54) is 24.3 Å². The average molecular weight is 597 g/mol. The predicted octanol–water partition coefficient (Wildman–Crippen LogP) is 5.15. The number of halogens is 1. The first-order chi connectivity index (χ1) is 18.7. The summed E-state index contributed by atoms with van der Waals surface area (Å²) in [6.45, 7) is 2.09. The summed E-state index contributed by atoms with van der Waals surface area (Å²) in [6, 6.07) is 10.8. The van der Waals surface area contributed by atoms with Gasteiger partial charge in [-0.15, -0.1) is 0 Å². The van der Waals surface area contributed by atoms with Crippen LogP contribution >= 0.6 is 15.9 Å². The van der Waals surface area contributed by atoms with Crippen LogP contribution in [-0.4, -0.2) is 46.3 Å². The number of carbonyl (C=O) groups is 2. The van der Waals surface area contributed by atoms with Crippen molar-refractivity contribution in [3.8, 4) is 5.75 Å². The number of fused-ring (bicyclic) bond motifs is 3. The fourth-order valence-corrected chi connectivity index (χ4v) is 6.53. The lowest BCUT2D eigenvalue weighted by atomic mass is 9.69. The average Bonchev–Trinajstić information content (AvgIpc) is 3.46. The minimum Gasteiger partial charge on any atom is -0.507 e. The minimum atomic E-state index is -0.638. The fourth-order valence-electron chi connectivity index (χ4n) is 6.15. The van der Waals surface area contributed by atoms with Gasteiger partial charge in [0, 0.05) is 28.1 Å². The van der Waals surface area contributed by atoms with E-state index >= 15 is 0 Å². The summed E-state index contributed by atoms with van der Waals surface area (Å²) < 4.78 is 7.05. The van der Waals surface area contributed by atoms with Crippen LogP contribution in [-0.2, 0) is 14.3 Å². The first kappa shape index (κ1) is 27.2. The number of amides is 2. The predicted molar refractivity (Wildman–Crippen MR) is 148 cm³/mol. The number of imide groups is 1. The van der Waals surface area contributed by atoms with E-state index < -0.39 is 22.7 Å². The summed E-state index contributed by atoms with van der Waals surface area (Å²) >= 11 is 3.44. The SMILES string of the molecule is CC/C(=C\c1cc(Br)ccc1O)CC[C@H]1OC[C@H]2C1=C(CO)C[C@H]1C(=O)N(c3cccc([N+](=O)[O-])c3)C(=O)[C@H]12. The van der Waals surface area contributed by atoms with Crippen molar-refractivity contribution in [2.75, 3.05) is 18.1 Å². The van der Waals surface area contributed by atoms with E-state index in [0.29, 0.717) is 12.8 Å². The Morgan fingerprint density at radius 3 is 2.72 bits per heavy atom. The number of aliphatic hydroxyl groups is 1. The Bertz CT molecular complexity index is 1400. The molecular weight excluding hydrogens is 568 g/mol. The molecule has 5 rings (SSSR count). The van der Waals surface area contributed by atoms with Crippen LogP contribution in [0.2, 0.25) is 0 Å². The van der Waals surface area contributed by atoms with Crippen LogP contribution in [0.5, 0.6) is 5.75 Å². The van der Waals surface area contributed by atoms with Crippen LogP contribution in [0.1, 0.15) is 38.2 Å². The summed E-state index contributed by atoms with van der Waals surface area (Å²) in [5.41, 5.74) is 3.47. The number of carbonyl (C=O) groups excluding carboxylic acids is 2. The van der Waals surface area contributed by atoms with Gasteiger partial charge in [-0.3, -0.25) is 19.7 Å². The number of aliphatic hydroxyl groups excluding tert-OH is 1. The molecule has 0 spiro atoms. The van der Waals surface area contributed by atoms with Gasteiger partial charge in [0.15, 0.2) is 0 Å². The van der Waals surface area contributed by atoms with Crippen molar-refractivity contribution in [2.45, 2.75) is 38.7 Å². The van der Waals surface area contributed by atoms with Gasteiger partial charge >= 0.3 is 0 Å². The highest BCUT2D eigenvalue weighted by molar-refractivity contribution is 9.10. The van der Waals surface area contributed by atoms with Gasteiger partial charge < -0.3 is 14.9 Å². The maximum atomic E-state index is 13.6. The summed E-state index contributed by atoms with van der Waals surface area (Å²) in [4.78, 5) is 38.8. The first-order valence-corrected chi connectivity index (χ1v) is 13.8. The van der Waals surface area contributed by atoms with Gasteiger partial charge in [-0.05, 0) is 61.1 Å². The van der Waals surface area contributed by atoms with E-state index in [0.717, 1.165) is 38.1 Å². The molecule has 2 fully saturated rings. The van der Waals surface area contributed by atoms with Crippen molar-refractivity contribution in [2.24, 2.45) is 17.8 Å². The van der Waals surface area contributed by atoms with Crippen molar-refractivity contribution in [1.29, 1.82) is 0 Å². The highest BCUT2D eigenvalue weighted by Gasteiger charge is 2.57. The van der Waals surface area contributed by atoms with Gasteiger partial charge in [0.25, 0.3) is 5.69 Å². The quantitative estimate of drug-likeness (QED) is 0.186. The summed E-state index contributed by atoms with van der Waals surface area (Å²) in [5, 5.41) is 31.7. The van der Waals surface area contributed by atoms with E-state index in [1.54, 1.807) is 12.1 Å². The number of phenolic OH excluding ortho intramolecular Hbond substituents is 1. The van der Waals surface area contributed by atoms with E-state index in [1.807, 2.05) is 19.1 Å². The third-order valence-electron chi connectivity index (χ3n) is 8.03. The van der Waals surface area contributed by atoms with Crippen LogP contribution in [0.4, 0.5) is 11.4 Å². The molecule has 2 saturated heterocycles.